The third-order valence-electron chi connectivity index (χ3n) is 5.05. The van der Waals surface area contributed by atoms with Crippen LogP contribution in [0.15, 0.2) is 0 Å². The minimum atomic E-state index is -0.328. The van der Waals surface area contributed by atoms with Crippen molar-refractivity contribution in [3.8, 4) is 0 Å². The van der Waals surface area contributed by atoms with Gasteiger partial charge in [0, 0.05) is 24.4 Å². The van der Waals surface area contributed by atoms with Gasteiger partial charge in [0.05, 0.1) is 0 Å². The van der Waals surface area contributed by atoms with E-state index in [1.807, 2.05) is 0 Å². The van der Waals surface area contributed by atoms with E-state index < -0.39 is 0 Å². The normalized spacial score (nSPS) is 27.5. The zero-order valence-corrected chi connectivity index (χ0v) is 14.1. The first-order valence-corrected chi connectivity index (χ1v) is 8.40. The summed E-state index contributed by atoms with van der Waals surface area (Å²) >= 11 is 0. The fourth-order valence-corrected chi connectivity index (χ4v) is 3.86. The molecular formula is C16H30ClN3O2. The van der Waals surface area contributed by atoms with Crippen LogP contribution in [-0.4, -0.2) is 23.9 Å². The Morgan fingerprint density at radius 2 is 1.73 bits per heavy atom. The van der Waals surface area contributed by atoms with Crippen molar-refractivity contribution in [2.75, 3.05) is 0 Å². The van der Waals surface area contributed by atoms with E-state index in [2.05, 4.69) is 5.32 Å². The molecule has 6 heteroatoms. The van der Waals surface area contributed by atoms with Crippen LogP contribution in [0.3, 0.4) is 0 Å². The van der Waals surface area contributed by atoms with Crippen LogP contribution >= 0.6 is 12.4 Å². The Balaban J connectivity index is 0.00000242. The standard InChI is InChI=1S/C16H29N3O2.ClH/c17-13-8-4-7-12(9-13)16(21)19-14(10-15(18)20)11-5-2-1-3-6-11;/h11-14H,1-10,17H2,(H2,18,20)(H,19,21);1H. The molecule has 3 unspecified atom stereocenters. The van der Waals surface area contributed by atoms with Crippen LogP contribution < -0.4 is 16.8 Å². The highest BCUT2D eigenvalue weighted by Crippen LogP contribution is 2.29. The van der Waals surface area contributed by atoms with Crippen LogP contribution in [0.4, 0.5) is 0 Å². The molecule has 2 aliphatic carbocycles. The van der Waals surface area contributed by atoms with Gasteiger partial charge in [0.15, 0.2) is 0 Å². The smallest absolute Gasteiger partial charge is 0.223 e. The zero-order valence-electron chi connectivity index (χ0n) is 13.3. The van der Waals surface area contributed by atoms with Gasteiger partial charge >= 0.3 is 0 Å². The molecule has 0 spiro atoms. The van der Waals surface area contributed by atoms with Crippen LogP contribution in [0, 0.1) is 11.8 Å². The number of nitrogens with two attached hydrogens (primary N) is 2. The lowest BCUT2D eigenvalue weighted by molar-refractivity contribution is -0.127. The Hall–Kier alpha value is -0.810. The average molecular weight is 332 g/mol. The van der Waals surface area contributed by atoms with Crippen molar-refractivity contribution in [3.05, 3.63) is 0 Å². The van der Waals surface area contributed by atoms with Gasteiger partial charge in [0.25, 0.3) is 0 Å². The number of nitrogens with one attached hydrogen (secondary N) is 1. The molecule has 5 N–H and O–H groups in total. The first-order chi connectivity index (χ1) is 10.1. The van der Waals surface area contributed by atoms with Crippen LogP contribution in [0.25, 0.3) is 0 Å². The molecule has 2 saturated carbocycles. The number of halogens is 1. The molecule has 2 aliphatic rings. The lowest BCUT2D eigenvalue weighted by Gasteiger charge is -2.33. The van der Waals surface area contributed by atoms with Crippen molar-refractivity contribution < 1.29 is 9.59 Å². The molecule has 128 valence electrons. The number of primary amides is 1. The number of carbonyl (C=O) groups is 2. The minimum Gasteiger partial charge on any atom is -0.370 e. The number of amides is 2. The van der Waals surface area contributed by atoms with E-state index in [0.29, 0.717) is 5.92 Å². The van der Waals surface area contributed by atoms with E-state index in [0.717, 1.165) is 38.5 Å². The lowest BCUT2D eigenvalue weighted by Crippen LogP contribution is -2.47. The monoisotopic (exact) mass is 331 g/mol. The fraction of sp³-hybridized carbons (Fsp3) is 0.875. The van der Waals surface area contributed by atoms with E-state index in [4.69, 9.17) is 11.5 Å². The highest BCUT2D eigenvalue weighted by molar-refractivity contribution is 5.85. The number of hydrogen-bond acceptors (Lipinski definition) is 3. The minimum absolute atomic E-state index is 0. The summed E-state index contributed by atoms with van der Waals surface area (Å²) in [5.41, 5.74) is 11.3. The summed E-state index contributed by atoms with van der Waals surface area (Å²) in [6.07, 6.45) is 9.76. The van der Waals surface area contributed by atoms with Crippen LogP contribution in [0.5, 0.6) is 0 Å². The topological polar surface area (TPSA) is 98.2 Å². The van der Waals surface area contributed by atoms with Gasteiger partial charge in [-0.15, -0.1) is 12.4 Å². The SMILES string of the molecule is Cl.NC(=O)CC(NC(=O)C1CCCC(N)C1)C1CCCCC1. The predicted molar refractivity (Wildman–Crippen MR) is 89.5 cm³/mol. The zero-order chi connectivity index (χ0) is 15.2. The van der Waals surface area contributed by atoms with Gasteiger partial charge in [-0.1, -0.05) is 25.7 Å². The molecule has 0 aromatic heterocycles. The molecule has 5 nitrogen and oxygen atoms in total. The highest BCUT2D eigenvalue weighted by Gasteiger charge is 2.30. The maximum absolute atomic E-state index is 12.5. The molecular weight excluding hydrogens is 302 g/mol. The van der Waals surface area contributed by atoms with E-state index >= 15 is 0 Å². The summed E-state index contributed by atoms with van der Waals surface area (Å²) in [7, 11) is 0. The Morgan fingerprint density at radius 3 is 2.32 bits per heavy atom. The molecule has 0 aliphatic heterocycles. The van der Waals surface area contributed by atoms with E-state index in [9.17, 15) is 9.59 Å². The van der Waals surface area contributed by atoms with Gasteiger partial charge in [0.2, 0.25) is 11.8 Å². The molecule has 0 heterocycles. The average Bonchev–Trinajstić information content (AvgIpc) is 2.47. The Kier molecular flexibility index (Phi) is 8.18. The molecule has 3 atom stereocenters. The van der Waals surface area contributed by atoms with E-state index in [1.165, 1.54) is 19.3 Å². The van der Waals surface area contributed by atoms with Crippen molar-refractivity contribution in [3.63, 3.8) is 0 Å². The van der Waals surface area contributed by atoms with E-state index in [1.54, 1.807) is 0 Å². The van der Waals surface area contributed by atoms with Crippen LogP contribution in [-0.2, 0) is 9.59 Å². The summed E-state index contributed by atoms with van der Waals surface area (Å²) in [6.45, 7) is 0. The maximum Gasteiger partial charge on any atom is 0.223 e. The quantitative estimate of drug-likeness (QED) is 0.717. The summed E-state index contributed by atoms with van der Waals surface area (Å²) in [4.78, 5) is 23.8. The predicted octanol–water partition coefficient (Wildman–Crippen LogP) is 1.87. The van der Waals surface area contributed by atoms with Gasteiger partial charge in [-0.25, -0.2) is 0 Å². The second kappa shape index (κ2) is 9.36. The largest absolute Gasteiger partial charge is 0.370 e. The van der Waals surface area contributed by atoms with Crippen molar-refractivity contribution in [1.82, 2.24) is 5.32 Å². The van der Waals surface area contributed by atoms with Gasteiger partial charge in [-0.05, 0) is 38.0 Å². The van der Waals surface area contributed by atoms with Crippen LogP contribution in [0.2, 0.25) is 0 Å². The summed E-state index contributed by atoms with van der Waals surface area (Å²) < 4.78 is 0. The second-order valence-corrected chi connectivity index (χ2v) is 6.81. The Bertz CT molecular complexity index is 372. The van der Waals surface area contributed by atoms with Gasteiger partial charge in [0.1, 0.15) is 0 Å². The van der Waals surface area contributed by atoms with Gasteiger partial charge < -0.3 is 16.8 Å². The molecule has 2 amide bonds. The van der Waals surface area contributed by atoms with Gasteiger partial charge in [-0.2, -0.15) is 0 Å². The summed E-state index contributed by atoms with van der Waals surface area (Å²) in [6, 6.07) is 0.0484. The van der Waals surface area contributed by atoms with Crippen molar-refractivity contribution in [2.45, 2.75) is 76.3 Å². The van der Waals surface area contributed by atoms with Crippen LogP contribution in [0.1, 0.15) is 64.2 Å². The number of hydrogen-bond donors (Lipinski definition) is 3. The third-order valence-corrected chi connectivity index (χ3v) is 5.05. The first kappa shape index (κ1) is 19.2. The van der Waals surface area contributed by atoms with Crippen molar-refractivity contribution >= 4 is 24.2 Å². The Labute approximate surface area is 139 Å². The fourth-order valence-electron chi connectivity index (χ4n) is 3.86. The Morgan fingerprint density at radius 1 is 1.05 bits per heavy atom. The maximum atomic E-state index is 12.5. The first-order valence-electron chi connectivity index (χ1n) is 8.40. The third kappa shape index (κ3) is 5.76. The van der Waals surface area contributed by atoms with Crippen molar-refractivity contribution in [2.24, 2.45) is 23.3 Å². The molecule has 0 saturated heterocycles. The number of carbonyl (C=O) groups excluding carboxylic acids is 2. The van der Waals surface area contributed by atoms with Gasteiger partial charge in [-0.3, -0.25) is 9.59 Å². The summed E-state index contributed by atoms with van der Waals surface area (Å²) in [5.74, 6) is 0.147. The molecule has 0 aromatic rings. The molecule has 2 rings (SSSR count). The molecule has 0 aromatic carbocycles. The molecule has 2 fully saturated rings. The second-order valence-electron chi connectivity index (χ2n) is 6.81. The summed E-state index contributed by atoms with van der Waals surface area (Å²) in [5, 5.41) is 3.11. The molecule has 0 radical (unpaired) electrons. The molecule has 22 heavy (non-hydrogen) atoms. The lowest BCUT2D eigenvalue weighted by atomic mass is 9.81. The number of rotatable bonds is 5. The molecule has 0 bridgehead atoms. The highest BCUT2D eigenvalue weighted by atomic mass is 35.5. The van der Waals surface area contributed by atoms with Crippen molar-refractivity contribution in [1.29, 1.82) is 0 Å². The van der Waals surface area contributed by atoms with E-state index in [-0.39, 0.29) is 48.6 Å².